The minimum Gasteiger partial charge on any atom is -0.476 e. The Morgan fingerprint density at radius 3 is 2.65 bits per heavy atom. The van der Waals surface area contributed by atoms with Crippen LogP contribution in [0.4, 0.5) is 4.39 Å². The Bertz CT molecular complexity index is 763. The number of aromatic nitrogens is 3. The number of benzene rings is 1. The maximum absolute atomic E-state index is 13.7. The highest BCUT2D eigenvalue weighted by Gasteiger charge is 2.18. The molecular weight excluding hydrogens is 329 g/mol. The van der Waals surface area contributed by atoms with Gasteiger partial charge in [0, 0.05) is 0 Å². The number of nitrogens with zero attached hydrogens (tertiary/aromatic N) is 3. The number of hydrogen-bond acceptors (Lipinski definition) is 6. The highest BCUT2D eigenvalue weighted by molar-refractivity contribution is 7.85. The van der Waals surface area contributed by atoms with Crippen LogP contribution in [0.1, 0.15) is 16.1 Å². The number of carboxylic acid groups (broad SMARTS) is 1. The van der Waals surface area contributed by atoms with E-state index in [2.05, 4.69) is 14.5 Å². The summed E-state index contributed by atoms with van der Waals surface area (Å²) in [7, 11) is -3.91. The molecule has 0 saturated heterocycles. The molecule has 0 aliphatic carbocycles. The standard InChI is InChI=1S/C13H14FN3O5S/c14-11(6-17-7-12(13(18)19)15-16-17)8-22-23(20,21)9-10-4-2-1-3-5-10/h1-5,7,11H,6,8-9H2,(H,18,19). The monoisotopic (exact) mass is 343 g/mol. The minimum absolute atomic E-state index is 0.324. The molecule has 1 heterocycles. The molecule has 1 unspecified atom stereocenters. The van der Waals surface area contributed by atoms with Crippen molar-refractivity contribution in [2.45, 2.75) is 18.5 Å². The Balaban J connectivity index is 1.85. The second-order valence-corrected chi connectivity index (χ2v) is 6.34. The fraction of sp³-hybridized carbons (Fsp3) is 0.308. The lowest BCUT2D eigenvalue weighted by Gasteiger charge is -2.09. The average Bonchev–Trinajstić information content (AvgIpc) is 2.95. The smallest absolute Gasteiger partial charge is 0.358 e. The number of hydrogen-bond donors (Lipinski definition) is 1. The van der Waals surface area contributed by atoms with Gasteiger partial charge in [-0.1, -0.05) is 35.5 Å². The highest BCUT2D eigenvalue weighted by Crippen LogP contribution is 2.09. The molecule has 0 bridgehead atoms. The van der Waals surface area contributed by atoms with Gasteiger partial charge in [0.15, 0.2) is 5.69 Å². The van der Waals surface area contributed by atoms with Gasteiger partial charge in [0.2, 0.25) is 0 Å². The summed E-state index contributed by atoms with van der Waals surface area (Å²) in [5.41, 5.74) is 0.208. The molecule has 0 amide bonds. The van der Waals surface area contributed by atoms with Crippen LogP contribution in [0.25, 0.3) is 0 Å². The predicted octanol–water partition coefficient (Wildman–Crippen LogP) is 0.861. The minimum atomic E-state index is -3.91. The summed E-state index contributed by atoms with van der Waals surface area (Å²) >= 11 is 0. The molecule has 2 rings (SSSR count). The molecule has 0 radical (unpaired) electrons. The molecule has 1 N–H and O–H groups in total. The molecule has 0 aliphatic rings. The van der Waals surface area contributed by atoms with E-state index in [0.717, 1.165) is 10.9 Å². The van der Waals surface area contributed by atoms with E-state index in [1.54, 1.807) is 30.3 Å². The lowest BCUT2D eigenvalue weighted by atomic mass is 10.2. The van der Waals surface area contributed by atoms with Gasteiger partial charge in [-0.3, -0.25) is 4.18 Å². The molecule has 10 heteroatoms. The van der Waals surface area contributed by atoms with Gasteiger partial charge >= 0.3 is 5.97 Å². The van der Waals surface area contributed by atoms with Crippen LogP contribution in [0.5, 0.6) is 0 Å². The first-order valence-electron chi connectivity index (χ1n) is 6.54. The first kappa shape index (κ1) is 17.0. The number of rotatable bonds is 8. The number of aromatic carboxylic acids is 1. The fourth-order valence-corrected chi connectivity index (χ4v) is 2.78. The molecule has 1 atom stereocenters. The van der Waals surface area contributed by atoms with Gasteiger partial charge in [0.1, 0.15) is 11.9 Å². The zero-order valence-corrected chi connectivity index (χ0v) is 12.7. The van der Waals surface area contributed by atoms with Crippen molar-refractivity contribution in [3.63, 3.8) is 0 Å². The second kappa shape index (κ2) is 7.29. The van der Waals surface area contributed by atoms with Crippen LogP contribution in [0.15, 0.2) is 36.5 Å². The summed E-state index contributed by atoms with van der Waals surface area (Å²) in [5, 5.41) is 15.4. The van der Waals surface area contributed by atoms with Gasteiger partial charge in [0.05, 0.1) is 19.3 Å². The lowest BCUT2D eigenvalue weighted by molar-refractivity contribution is 0.0690. The van der Waals surface area contributed by atoms with Crippen LogP contribution < -0.4 is 0 Å². The van der Waals surface area contributed by atoms with E-state index >= 15 is 0 Å². The molecule has 0 saturated carbocycles. The van der Waals surface area contributed by atoms with Crippen molar-refractivity contribution < 1.29 is 26.9 Å². The van der Waals surface area contributed by atoms with E-state index < -0.39 is 28.9 Å². The topological polar surface area (TPSA) is 111 Å². The van der Waals surface area contributed by atoms with E-state index in [4.69, 9.17) is 5.11 Å². The third-order valence-electron chi connectivity index (χ3n) is 2.76. The zero-order chi connectivity index (χ0) is 16.9. The maximum atomic E-state index is 13.7. The van der Waals surface area contributed by atoms with Crippen LogP contribution in [-0.4, -0.2) is 47.3 Å². The quantitative estimate of drug-likeness (QED) is 0.708. The molecule has 124 valence electrons. The fourth-order valence-electron chi connectivity index (χ4n) is 1.74. The number of carbonyl (C=O) groups is 1. The van der Waals surface area contributed by atoms with Gasteiger partial charge in [0.25, 0.3) is 10.1 Å². The summed E-state index contributed by atoms with van der Waals surface area (Å²) in [6, 6.07) is 8.37. The van der Waals surface area contributed by atoms with Gasteiger partial charge < -0.3 is 5.11 Å². The van der Waals surface area contributed by atoms with E-state index in [9.17, 15) is 17.6 Å². The molecule has 1 aromatic carbocycles. The van der Waals surface area contributed by atoms with Crippen molar-refractivity contribution >= 4 is 16.1 Å². The van der Waals surface area contributed by atoms with Crippen molar-refractivity contribution in [3.05, 3.63) is 47.8 Å². The molecule has 0 aliphatic heterocycles. The van der Waals surface area contributed by atoms with E-state index in [1.165, 1.54) is 0 Å². The zero-order valence-electron chi connectivity index (χ0n) is 11.9. The second-order valence-electron chi connectivity index (χ2n) is 4.70. The van der Waals surface area contributed by atoms with Gasteiger partial charge in [-0.2, -0.15) is 8.42 Å². The summed E-state index contributed by atoms with van der Waals surface area (Å²) in [4.78, 5) is 10.6. The average molecular weight is 343 g/mol. The molecular formula is C13H14FN3O5S. The Hall–Kier alpha value is -2.33. The normalized spacial score (nSPS) is 12.9. The lowest BCUT2D eigenvalue weighted by Crippen LogP contribution is -2.21. The largest absolute Gasteiger partial charge is 0.476 e. The number of alkyl halides is 1. The van der Waals surface area contributed by atoms with Crippen molar-refractivity contribution in [1.82, 2.24) is 15.0 Å². The summed E-state index contributed by atoms with van der Waals surface area (Å²) in [6.45, 7) is -1.04. The Labute approximate surface area is 131 Å². The van der Waals surface area contributed by atoms with Gasteiger partial charge in [-0.05, 0) is 5.56 Å². The van der Waals surface area contributed by atoms with Crippen LogP contribution in [0, 0.1) is 0 Å². The molecule has 0 spiro atoms. The Morgan fingerprint density at radius 1 is 1.35 bits per heavy atom. The van der Waals surface area contributed by atoms with E-state index in [-0.39, 0.29) is 18.0 Å². The van der Waals surface area contributed by atoms with Crippen molar-refractivity contribution in [1.29, 1.82) is 0 Å². The third kappa shape index (κ3) is 5.42. The molecule has 8 nitrogen and oxygen atoms in total. The molecule has 1 aromatic heterocycles. The van der Waals surface area contributed by atoms with Crippen molar-refractivity contribution in [2.24, 2.45) is 0 Å². The molecule has 2 aromatic rings. The Morgan fingerprint density at radius 2 is 2.04 bits per heavy atom. The first-order valence-corrected chi connectivity index (χ1v) is 8.12. The van der Waals surface area contributed by atoms with Crippen LogP contribution in [0.3, 0.4) is 0 Å². The maximum Gasteiger partial charge on any atom is 0.358 e. The third-order valence-corrected chi connectivity index (χ3v) is 3.94. The summed E-state index contributed by atoms with van der Waals surface area (Å²) < 4.78 is 42.9. The van der Waals surface area contributed by atoms with E-state index in [0.29, 0.717) is 5.56 Å². The van der Waals surface area contributed by atoms with Crippen LogP contribution in [-0.2, 0) is 26.6 Å². The molecule has 23 heavy (non-hydrogen) atoms. The first-order chi connectivity index (χ1) is 10.9. The Kier molecular flexibility index (Phi) is 5.40. The van der Waals surface area contributed by atoms with E-state index in [1.807, 2.05) is 0 Å². The van der Waals surface area contributed by atoms with Gasteiger partial charge in [-0.15, -0.1) is 5.10 Å². The number of halogens is 1. The van der Waals surface area contributed by atoms with Crippen molar-refractivity contribution in [2.75, 3.05) is 6.61 Å². The van der Waals surface area contributed by atoms with Crippen molar-refractivity contribution in [3.8, 4) is 0 Å². The number of carboxylic acids is 1. The summed E-state index contributed by atoms with van der Waals surface area (Å²) in [5.74, 6) is -1.64. The predicted molar refractivity (Wildman–Crippen MR) is 76.9 cm³/mol. The molecule has 0 fully saturated rings. The van der Waals surface area contributed by atoms with Crippen LogP contribution in [0.2, 0.25) is 0 Å². The van der Waals surface area contributed by atoms with Gasteiger partial charge in [-0.25, -0.2) is 13.9 Å². The SMILES string of the molecule is O=C(O)c1cn(CC(F)COS(=O)(=O)Cc2ccccc2)nn1. The summed E-state index contributed by atoms with van der Waals surface area (Å²) in [6.07, 6.45) is -0.628. The van der Waals surface area contributed by atoms with Crippen LogP contribution >= 0.6 is 0 Å². The highest BCUT2D eigenvalue weighted by atomic mass is 32.2.